The molecule has 1 unspecified atom stereocenters. The van der Waals surface area contributed by atoms with Gasteiger partial charge in [-0.25, -0.2) is 9.18 Å². The van der Waals surface area contributed by atoms with E-state index in [1.54, 1.807) is 35.2 Å². The number of fused-ring (bicyclic) bond motifs is 1. The topological polar surface area (TPSA) is 55.8 Å². The van der Waals surface area contributed by atoms with Crippen LogP contribution in [0.2, 0.25) is 0 Å². The number of amides is 1. The van der Waals surface area contributed by atoms with Crippen molar-refractivity contribution in [1.82, 2.24) is 4.90 Å². The molecule has 2 aromatic rings. The van der Waals surface area contributed by atoms with E-state index in [1.165, 1.54) is 12.1 Å². The van der Waals surface area contributed by atoms with Crippen LogP contribution in [0.3, 0.4) is 0 Å². The van der Waals surface area contributed by atoms with Gasteiger partial charge in [0, 0.05) is 25.1 Å². The Bertz CT molecular complexity index is 843. The Labute approximate surface area is 150 Å². The largest absolute Gasteiger partial charge is 0.454 e. The summed E-state index contributed by atoms with van der Waals surface area (Å²) >= 11 is 0. The van der Waals surface area contributed by atoms with Crippen LogP contribution in [0.4, 0.5) is 4.39 Å². The van der Waals surface area contributed by atoms with Crippen molar-refractivity contribution < 1.29 is 23.5 Å². The zero-order chi connectivity index (χ0) is 18.1. The lowest BCUT2D eigenvalue weighted by Crippen LogP contribution is -2.40. The highest BCUT2D eigenvalue weighted by atomic mass is 19.1. The highest BCUT2D eigenvalue weighted by Gasteiger charge is 2.29. The fourth-order valence-corrected chi connectivity index (χ4v) is 3.34. The smallest absolute Gasteiger partial charge is 0.339 e. The predicted molar refractivity (Wildman–Crippen MR) is 91.4 cm³/mol. The van der Waals surface area contributed by atoms with E-state index in [9.17, 15) is 14.0 Å². The molecule has 0 bridgehead atoms. The maximum Gasteiger partial charge on any atom is 0.339 e. The second kappa shape index (κ2) is 6.88. The number of nitrogens with zero attached hydrogens (tertiary/aromatic N) is 1. The number of hydrogen-bond donors (Lipinski definition) is 0. The van der Waals surface area contributed by atoms with E-state index in [2.05, 4.69) is 0 Å². The lowest BCUT2D eigenvalue weighted by atomic mass is 9.93. The molecule has 1 amide bonds. The number of morpholine rings is 1. The Hall–Kier alpha value is -2.73. The number of esters is 1. The third-order valence-corrected chi connectivity index (χ3v) is 4.77. The number of carbonyl (C=O) groups excluding carboxylic acids is 2. The number of benzene rings is 2. The van der Waals surface area contributed by atoms with E-state index in [0.717, 1.165) is 11.1 Å². The van der Waals surface area contributed by atoms with Gasteiger partial charge in [0.1, 0.15) is 11.9 Å². The Morgan fingerprint density at radius 2 is 1.81 bits per heavy atom. The Morgan fingerprint density at radius 1 is 1.08 bits per heavy atom. The molecule has 1 atom stereocenters. The molecule has 1 saturated heterocycles. The maximum absolute atomic E-state index is 13.1. The van der Waals surface area contributed by atoms with Crippen molar-refractivity contribution in [2.45, 2.75) is 12.5 Å². The summed E-state index contributed by atoms with van der Waals surface area (Å²) in [6, 6.07) is 11.0. The van der Waals surface area contributed by atoms with Gasteiger partial charge >= 0.3 is 5.97 Å². The minimum absolute atomic E-state index is 0.0617. The van der Waals surface area contributed by atoms with Crippen LogP contribution in [-0.4, -0.2) is 43.1 Å². The molecule has 26 heavy (non-hydrogen) atoms. The van der Waals surface area contributed by atoms with Gasteiger partial charge in [-0.05, 0) is 41.5 Å². The average Bonchev–Trinajstić information content (AvgIpc) is 2.68. The molecule has 4 rings (SSSR count). The first kappa shape index (κ1) is 16.7. The Kier molecular flexibility index (Phi) is 4.42. The SMILES string of the molecule is O=C1OC(c2ccc(F)cc2)Cc2cc(C(=O)N3CCOCC3)ccc21. The second-order valence-electron chi connectivity index (χ2n) is 6.43. The maximum atomic E-state index is 13.1. The zero-order valence-electron chi connectivity index (χ0n) is 14.1. The third kappa shape index (κ3) is 3.20. The number of ether oxygens (including phenoxy) is 2. The Balaban J connectivity index is 1.60. The molecular formula is C20H18FNO4. The standard InChI is InChI=1S/C20H18FNO4/c21-16-4-1-13(2-5-16)18-12-15-11-14(3-6-17(15)20(24)26-18)19(23)22-7-9-25-10-8-22/h1-6,11,18H,7-10,12H2. The fraction of sp³-hybridized carbons (Fsp3) is 0.300. The van der Waals surface area contributed by atoms with Crippen LogP contribution in [0.15, 0.2) is 42.5 Å². The molecule has 5 nitrogen and oxygen atoms in total. The molecule has 2 aliphatic heterocycles. The molecule has 0 N–H and O–H groups in total. The van der Waals surface area contributed by atoms with Gasteiger partial charge in [-0.1, -0.05) is 12.1 Å². The molecule has 0 saturated carbocycles. The van der Waals surface area contributed by atoms with Gasteiger partial charge in [-0.15, -0.1) is 0 Å². The van der Waals surface area contributed by atoms with E-state index in [0.29, 0.717) is 43.9 Å². The van der Waals surface area contributed by atoms with E-state index in [4.69, 9.17) is 9.47 Å². The van der Waals surface area contributed by atoms with Crippen LogP contribution in [0, 0.1) is 5.82 Å². The molecule has 0 aliphatic carbocycles. The van der Waals surface area contributed by atoms with Gasteiger partial charge in [0.05, 0.1) is 18.8 Å². The summed E-state index contributed by atoms with van der Waals surface area (Å²) in [5.74, 6) is -0.825. The van der Waals surface area contributed by atoms with Crippen LogP contribution in [-0.2, 0) is 15.9 Å². The average molecular weight is 355 g/mol. The quantitative estimate of drug-likeness (QED) is 0.778. The molecule has 1 fully saturated rings. The van der Waals surface area contributed by atoms with Gasteiger partial charge in [0.15, 0.2) is 0 Å². The first-order chi connectivity index (χ1) is 12.6. The van der Waals surface area contributed by atoms with E-state index < -0.39 is 12.1 Å². The lowest BCUT2D eigenvalue weighted by Gasteiger charge is -2.28. The minimum Gasteiger partial charge on any atom is -0.454 e. The fourth-order valence-electron chi connectivity index (χ4n) is 3.34. The first-order valence-corrected chi connectivity index (χ1v) is 8.58. The molecule has 0 aromatic heterocycles. The van der Waals surface area contributed by atoms with Crippen molar-refractivity contribution >= 4 is 11.9 Å². The van der Waals surface area contributed by atoms with E-state index >= 15 is 0 Å². The summed E-state index contributed by atoms with van der Waals surface area (Å²) in [4.78, 5) is 26.7. The summed E-state index contributed by atoms with van der Waals surface area (Å²) in [6.07, 6.45) is -0.0268. The molecule has 2 heterocycles. The van der Waals surface area contributed by atoms with E-state index in [1.807, 2.05) is 0 Å². The minimum atomic E-state index is -0.482. The van der Waals surface area contributed by atoms with Crippen LogP contribution in [0.5, 0.6) is 0 Å². The molecule has 0 spiro atoms. The van der Waals surface area contributed by atoms with Crippen LogP contribution in [0.25, 0.3) is 0 Å². The first-order valence-electron chi connectivity index (χ1n) is 8.58. The van der Waals surface area contributed by atoms with Crippen molar-refractivity contribution in [1.29, 1.82) is 0 Å². The van der Waals surface area contributed by atoms with Crippen molar-refractivity contribution in [3.05, 3.63) is 70.5 Å². The van der Waals surface area contributed by atoms with Crippen LogP contribution in [0.1, 0.15) is 37.9 Å². The summed E-state index contributed by atoms with van der Waals surface area (Å²) in [7, 11) is 0. The van der Waals surface area contributed by atoms with Gasteiger partial charge < -0.3 is 14.4 Å². The highest BCUT2D eigenvalue weighted by Crippen LogP contribution is 2.31. The molecular weight excluding hydrogens is 337 g/mol. The summed E-state index contributed by atoms with van der Waals surface area (Å²) in [6.45, 7) is 2.21. The van der Waals surface area contributed by atoms with Crippen molar-refractivity contribution in [3.63, 3.8) is 0 Å². The van der Waals surface area contributed by atoms with Gasteiger partial charge in [-0.2, -0.15) is 0 Å². The number of rotatable bonds is 2. The molecule has 0 radical (unpaired) electrons. The second-order valence-corrected chi connectivity index (χ2v) is 6.43. The van der Waals surface area contributed by atoms with Crippen molar-refractivity contribution in [2.24, 2.45) is 0 Å². The summed E-state index contributed by atoms with van der Waals surface area (Å²) in [5.41, 5.74) is 2.53. The van der Waals surface area contributed by atoms with Crippen molar-refractivity contribution in [3.8, 4) is 0 Å². The number of hydrogen-bond acceptors (Lipinski definition) is 4. The van der Waals surface area contributed by atoms with Gasteiger partial charge in [0.2, 0.25) is 0 Å². The molecule has 2 aromatic carbocycles. The molecule has 2 aliphatic rings. The number of carbonyl (C=O) groups is 2. The number of halogens is 1. The molecule has 134 valence electrons. The van der Waals surface area contributed by atoms with Gasteiger partial charge in [0.25, 0.3) is 5.91 Å². The van der Waals surface area contributed by atoms with Gasteiger partial charge in [-0.3, -0.25) is 4.79 Å². The highest BCUT2D eigenvalue weighted by molar-refractivity contribution is 5.97. The third-order valence-electron chi connectivity index (χ3n) is 4.77. The van der Waals surface area contributed by atoms with Crippen molar-refractivity contribution in [2.75, 3.05) is 26.3 Å². The Morgan fingerprint density at radius 3 is 2.54 bits per heavy atom. The molecule has 6 heteroatoms. The summed E-state index contributed by atoms with van der Waals surface area (Å²) in [5, 5.41) is 0. The number of cyclic esters (lactones) is 1. The lowest BCUT2D eigenvalue weighted by molar-refractivity contribution is 0.0249. The monoisotopic (exact) mass is 355 g/mol. The normalized spacial score (nSPS) is 19.7. The van der Waals surface area contributed by atoms with E-state index in [-0.39, 0.29) is 11.7 Å². The summed E-state index contributed by atoms with van der Waals surface area (Å²) < 4.78 is 23.9. The van der Waals surface area contributed by atoms with Crippen LogP contribution < -0.4 is 0 Å². The van der Waals surface area contributed by atoms with Crippen LogP contribution >= 0.6 is 0 Å². The zero-order valence-corrected chi connectivity index (χ0v) is 14.1. The predicted octanol–water partition coefficient (Wildman–Crippen LogP) is 2.75.